The minimum atomic E-state index is 0.750. The van der Waals surface area contributed by atoms with E-state index in [4.69, 9.17) is 13.8 Å². The molecule has 33 heavy (non-hydrogen) atoms. The van der Waals surface area contributed by atoms with Crippen molar-refractivity contribution < 1.29 is 8.83 Å². The molecule has 0 saturated heterocycles. The first kappa shape index (κ1) is 18.0. The number of para-hydroxylation sites is 2. The summed E-state index contributed by atoms with van der Waals surface area (Å²) in [5.74, 6) is 0. The van der Waals surface area contributed by atoms with Crippen molar-refractivity contribution in [2.45, 2.75) is 0 Å². The second-order valence-electron chi connectivity index (χ2n) is 7.93. The fourth-order valence-corrected chi connectivity index (χ4v) is 4.55. The first-order valence-electron chi connectivity index (χ1n) is 10.7. The molecule has 3 aromatic carbocycles. The van der Waals surface area contributed by atoms with E-state index >= 15 is 0 Å². The van der Waals surface area contributed by atoms with Gasteiger partial charge in [0.25, 0.3) is 0 Å². The average molecular weight is 427 g/mol. The summed E-state index contributed by atoms with van der Waals surface area (Å²) in [6, 6.07) is 28.3. The van der Waals surface area contributed by atoms with E-state index in [-0.39, 0.29) is 0 Å². The van der Waals surface area contributed by atoms with Crippen LogP contribution >= 0.6 is 0 Å². The number of benzene rings is 3. The van der Waals surface area contributed by atoms with Gasteiger partial charge in [0.1, 0.15) is 22.3 Å². The summed E-state index contributed by atoms with van der Waals surface area (Å²) in [6.45, 7) is 0. The van der Waals surface area contributed by atoms with Crippen molar-refractivity contribution in [3.8, 4) is 0 Å². The van der Waals surface area contributed by atoms with Crippen LogP contribution in [0.3, 0.4) is 0 Å². The van der Waals surface area contributed by atoms with Gasteiger partial charge >= 0.3 is 0 Å². The largest absolute Gasteiger partial charge is 0.456 e. The fraction of sp³-hybridized carbons (Fsp3) is 0. The van der Waals surface area contributed by atoms with E-state index in [1.54, 1.807) is 6.20 Å². The number of aromatic nitrogens is 2. The maximum Gasteiger partial charge on any atom is 0.155 e. The topological polar surface area (TPSA) is 55.3 Å². The van der Waals surface area contributed by atoms with E-state index in [1.165, 1.54) is 0 Å². The molecule has 0 fully saturated rings. The van der Waals surface area contributed by atoms with Crippen molar-refractivity contribution in [3.05, 3.63) is 104 Å². The van der Waals surface area contributed by atoms with Crippen molar-refractivity contribution >= 4 is 61.1 Å². The predicted octanol–water partition coefficient (Wildman–Crippen LogP) is 7.75. The van der Waals surface area contributed by atoms with Crippen LogP contribution in [0.15, 0.2) is 112 Å². The van der Waals surface area contributed by atoms with Crippen LogP contribution in [0.1, 0.15) is 0 Å². The van der Waals surface area contributed by atoms with Crippen LogP contribution in [0.25, 0.3) is 44.0 Å². The van der Waals surface area contributed by atoms with E-state index in [0.29, 0.717) is 0 Å². The molecule has 4 heterocycles. The fourth-order valence-electron chi connectivity index (χ4n) is 4.55. The third kappa shape index (κ3) is 2.72. The van der Waals surface area contributed by atoms with Gasteiger partial charge in [0.05, 0.1) is 23.0 Å². The Kier molecular flexibility index (Phi) is 3.78. The highest BCUT2D eigenvalue weighted by atomic mass is 16.3. The van der Waals surface area contributed by atoms with Crippen LogP contribution in [-0.2, 0) is 0 Å². The number of nitrogens with zero attached hydrogens (tertiary/aromatic N) is 3. The lowest BCUT2D eigenvalue weighted by Crippen LogP contribution is -2.10. The molecule has 4 aromatic heterocycles. The molecule has 5 heteroatoms. The molecule has 5 nitrogen and oxygen atoms in total. The third-order valence-electron chi connectivity index (χ3n) is 5.99. The number of fused-ring (bicyclic) bond motifs is 6. The van der Waals surface area contributed by atoms with E-state index in [9.17, 15) is 0 Å². The molecule has 7 aromatic rings. The number of hydrogen-bond acceptors (Lipinski definition) is 5. The van der Waals surface area contributed by atoms with Crippen LogP contribution < -0.4 is 4.90 Å². The summed E-state index contributed by atoms with van der Waals surface area (Å²) in [7, 11) is 0. The smallest absolute Gasteiger partial charge is 0.155 e. The summed E-state index contributed by atoms with van der Waals surface area (Å²) < 4.78 is 12.3. The SMILES string of the molecule is c1ccc(N(c2cnc3c(c2)oc2ccccc23)c2cccc3oc4ccncc4c23)cc1. The van der Waals surface area contributed by atoms with Gasteiger partial charge in [-0.05, 0) is 42.5 Å². The van der Waals surface area contributed by atoms with Crippen LogP contribution in [0.5, 0.6) is 0 Å². The second kappa shape index (κ2) is 6.93. The van der Waals surface area contributed by atoms with E-state index in [0.717, 1.165) is 61.1 Å². The van der Waals surface area contributed by atoms with Crippen molar-refractivity contribution in [2.75, 3.05) is 4.90 Å². The Hall–Kier alpha value is -4.64. The Morgan fingerprint density at radius 1 is 0.606 bits per heavy atom. The molecule has 0 N–H and O–H groups in total. The van der Waals surface area contributed by atoms with Gasteiger partial charge in [0.2, 0.25) is 0 Å². The molecule has 0 atom stereocenters. The van der Waals surface area contributed by atoms with Crippen molar-refractivity contribution in [3.63, 3.8) is 0 Å². The van der Waals surface area contributed by atoms with Gasteiger partial charge in [-0.1, -0.05) is 36.4 Å². The number of anilines is 3. The highest BCUT2D eigenvalue weighted by Crippen LogP contribution is 2.43. The normalized spacial score (nSPS) is 11.6. The van der Waals surface area contributed by atoms with Crippen molar-refractivity contribution in [2.24, 2.45) is 0 Å². The zero-order valence-corrected chi connectivity index (χ0v) is 17.5. The third-order valence-corrected chi connectivity index (χ3v) is 5.99. The summed E-state index contributed by atoms with van der Waals surface area (Å²) in [5.41, 5.74) is 6.97. The van der Waals surface area contributed by atoms with Gasteiger partial charge in [-0.2, -0.15) is 0 Å². The zero-order valence-electron chi connectivity index (χ0n) is 17.5. The number of rotatable bonds is 3. The quantitative estimate of drug-likeness (QED) is 0.289. The lowest BCUT2D eigenvalue weighted by atomic mass is 10.1. The molecule has 0 bridgehead atoms. The minimum Gasteiger partial charge on any atom is -0.456 e. The molecular weight excluding hydrogens is 410 g/mol. The molecule has 0 aliphatic heterocycles. The number of furan rings is 2. The number of hydrogen-bond donors (Lipinski definition) is 0. The lowest BCUT2D eigenvalue weighted by molar-refractivity contribution is 0.668. The maximum atomic E-state index is 6.14. The van der Waals surface area contributed by atoms with E-state index in [2.05, 4.69) is 34.1 Å². The molecule has 0 aliphatic carbocycles. The molecule has 0 radical (unpaired) electrons. The molecule has 7 rings (SSSR count). The highest BCUT2D eigenvalue weighted by Gasteiger charge is 2.20. The Bertz CT molecular complexity index is 1780. The first-order valence-corrected chi connectivity index (χ1v) is 10.7. The van der Waals surface area contributed by atoms with Crippen LogP contribution in [0, 0.1) is 0 Å². The summed E-state index contributed by atoms with van der Waals surface area (Å²) in [5, 5.41) is 3.00. The minimum absolute atomic E-state index is 0.750. The maximum absolute atomic E-state index is 6.14. The molecule has 156 valence electrons. The van der Waals surface area contributed by atoms with Crippen LogP contribution in [-0.4, -0.2) is 9.97 Å². The zero-order chi connectivity index (χ0) is 21.8. The Morgan fingerprint density at radius 2 is 1.39 bits per heavy atom. The van der Waals surface area contributed by atoms with E-state index in [1.807, 2.05) is 73.1 Å². The van der Waals surface area contributed by atoms with Gasteiger partial charge in [0.15, 0.2) is 5.58 Å². The Labute approximate surface area is 188 Å². The highest BCUT2D eigenvalue weighted by molar-refractivity contribution is 6.13. The monoisotopic (exact) mass is 427 g/mol. The van der Waals surface area contributed by atoms with E-state index < -0.39 is 0 Å². The molecule has 0 aliphatic rings. The van der Waals surface area contributed by atoms with Crippen LogP contribution in [0.4, 0.5) is 17.1 Å². The Balaban J connectivity index is 1.53. The molecule has 0 saturated carbocycles. The lowest BCUT2D eigenvalue weighted by Gasteiger charge is -2.25. The van der Waals surface area contributed by atoms with Gasteiger partial charge in [0, 0.05) is 34.9 Å². The first-order chi connectivity index (χ1) is 16.4. The number of pyridine rings is 2. The molecule has 0 spiro atoms. The second-order valence-corrected chi connectivity index (χ2v) is 7.93. The average Bonchev–Trinajstić information content (AvgIpc) is 3.43. The summed E-state index contributed by atoms with van der Waals surface area (Å²) in [6.07, 6.45) is 5.50. The molecular formula is C28H17N3O2. The van der Waals surface area contributed by atoms with Gasteiger partial charge in [-0.25, -0.2) is 4.98 Å². The molecule has 0 unspecified atom stereocenters. The summed E-state index contributed by atoms with van der Waals surface area (Å²) >= 11 is 0. The Morgan fingerprint density at radius 3 is 2.33 bits per heavy atom. The van der Waals surface area contributed by atoms with Crippen molar-refractivity contribution in [1.82, 2.24) is 9.97 Å². The van der Waals surface area contributed by atoms with Gasteiger partial charge in [-0.15, -0.1) is 0 Å². The van der Waals surface area contributed by atoms with Crippen LogP contribution in [0.2, 0.25) is 0 Å². The van der Waals surface area contributed by atoms with Gasteiger partial charge < -0.3 is 13.7 Å². The van der Waals surface area contributed by atoms with Gasteiger partial charge in [-0.3, -0.25) is 4.98 Å². The molecule has 0 amide bonds. The predicted molar refractivity (Wildman–Crippen MR) is 131 cm³/mol. The standard InChI is InChI=1S/C28H17N3O2/c1-2-7-18(8-3-1)31(19-15-26-28(30-16-19)20-9-4-5-11-23(20)33-26)22-10-6-12-25-27(22)21-17-29-14-13-24(21)32-25/h1-17H. The van der Waals surface area contributed by atoms with Crippen molar-refractivity contribution in [1.29, 1.82) is 0 Å². The summed E-state index contributed by atoms with van der Waals surface area (Å²) in [4.78, 5) is 11.3.